The number of hydrogen-bond donors (Lipinski definition) is 1. The molecule has 0 aliphatic heterocycles. The highest BCUT2D eigenvalue weighted by Gasteiger charge is 2.09. The number of phenols is 1. The van der Waals surface area contributed by atoms with Crippen LogP contribution in [0.15, 0.2) is 48.5 Å². The van der Waals surface area contributed by atoms with E-state index < -0.39 is 0 Å². The average Bonchev–Trinajstić information content (AvgIpc) is 2.98. The molecular weight excluding hydrogens is 284 g/mol. The molecule has 0 aliphatic carbocycles. The second-order valence-corrected chi connectivity index (χ2v) is 5.57. The van der Waals surface area contributed by atoms with Gasteiger partial charge in [0.1, 0.15) is 15.8 Å². The van der Waals surface area contributed by atoms with Crippen molar-refractivity contribution in [3.05, 3.63) is 54.1 Å². The van der Waals surface area contributed by atoms with Crippen molar-refractivity contribution in [1.29, 1.82) is 0 Å². The smallest absolute Gasteiger partial charge is 0.159 e. The van der Waals surface area contributed by atoms with Gasteiger partial charge in [-0.15, -0.1) is 10.2 Å². The summed E-state index contributed by atoms with van der Waals surface area (Å²) >= 11 is 1.47. The molecule has 0 fully saturated rings. The maximum absolute atomic E-state index is 11.3. The van der Waals surface area contributed by atoms with Crippen molar-refractivity contribution in [1.82, 2.24) is 10.2 Å². The Balaban J connectivity index is 1.90. The number of hydrogen-bond acceptors (Lipinski definition) is 5. The van der Waals surface area contributed by atoms with Crippen LogP contribution < -0.4 is 0 Å². The van der Waals surface area contributed by atoms with E-state index in [2.05, 4.69) is 10.2 Å². The van der Waals surface area contributed by atoms with Crippen LogP contribution >= 0.6 is 11.3 Å². The standard InChI is InChI=1S/C16H12N2O2S/c1-10(19)11-2-4-12(5-3-11)15-17-18-16(21-15)13-6-8-14(20)9-7-13/h2-9,20H,1H3. The van der Waals surface area contributed by atoms with Crippen molar-refractivity contribution in [2.75, 3.05) is 0 Å². The Labute approximate surface area is 125 Å². The van der Waals surface area contributed by atoms with E-state index in [1.54, 1.807) is 43.3 Å². The third-order valence-electron chi connectivity index (χ3n) is 3.08. The largest absolute Gasteiger partial charge is 0.508 e. The highest BCUT2D eigenvalue weighted by molar-refractivity contribution is 7.17. The topological polar surface area (TPSA) is 63.1 Å². The normalized spacial score (nSPS) is 10.5. The van der Waals surface area contributed by atoms with Crippen molar-refractivity contribution >= 4 is 17.1 Å². The summed E-state index contributed by atoms with van der Waals surface area (Å²) in [6, 6.07) is 14.2. The zero-order valence-electron chi connectivity index (χ0n) is 11.3. The Bertz CT molecular complexity index is 777. The van der Waals surface area contributed by atoms with E-state index in [1.165, 1.54) is 11.3 Å². The van der Waals surface area contributed by atoms with Gasteiger partial charge in [0.15, 0.2) is 5.78 Å². The molecule has 0 spiro atoms. The average molecular weight is 296 g/mol. The number of aromatic hydroxyl groups is 1. The van der Waals surface area contributed by atoms with Crippen LogP contribution in [0.2, 0.25) is 0 Å². The maximum atomic E-state index is 11.3. The van der Waals surface area contributed by atoms with Gasteiger partial charge in [0.2, 0.25) is 0 Å². The molecule has 0 unspecified atom stereocenters. The quantitative estimate of drug-likeness (QED) is 0.747. The van der Waals surface area contributed by atoms with Crippen LogP contribution in [-0.2, 0) is 0 Å². The minimum Gasteiger partial charge on any atom is -0.508 e. The molecule has 0 saturated heterocycles. The molecule has 0 bridgehead atoms. The molecule has 0 aliphatic rings. The number of carbonyl (C=O) groups excluding carboxylic acids is 1. The first-order chi connectivity index (χ1) is 10.1. The third kappa shape index (κ3) is 2.83. The number of ketones is 1. The molecule has 0 amide bonds. The highest BCUT2D eigenvalue weighted by Crippen LogP contribution is 2.30. The summed E-state index contributed by atoms with van der Waals surface area (Å²) in [6.45, 7) is 1.54. The van der Waals surface area contributed by atoms with E-state index in [0.717, 1.165) is 21.1 Å². The molecule has 3 rings (SSSR count). The lowest BCUT2D eigenvalue weighted by Crippen LogP contribution is -1.90. The number of phenolic OH excluding ortho intramolecular Hbond substituents is 1. The van der Waals surface area contributed by atoms with Crippen LogP contribution in [0.1, 0.15) is 17.3 Å². The molecular formula is C16H12N2O2S. The fraction of sp³-hybridized carbons (Fsp3) is 0.0625. The molecule has 21 heavy (non-hydrogen) atoms. The second kappa shape index (κ2) is 5.46. The Kier molecular flexibility index (Phi) is 3.50. The molecule has 0 atom stereocenters. The molecule has 3 aromatic rings. The monoisotopic (exact) mass is 296 g/mol. The first-order valence-corrected chi connectivity index (χ1v) is 7.19. The summed E-state index contributed by atoms with van der Waals surface area (Å²) in [6.07, 6.45) is 0. The number of Topliss-reactive ketones (excluding diaryl/α,β-unsaturated/α-hetero) is 1. The van der Waals surface area contributed by atoms with E-state index in [4.69, 9.17) is 0 Å². The summed E-state index contributed by atoms with van der Waals surface area (Å²) in [5.74, 6) is 0.270. The highest BCUT2D eigenvalue weighted by atomic mass is 32.1. The number of rotatable bonds is 3. The fourth-order valence-corrected chi connectivity index (χ4v) is 2.76. The van der Waals surface area contributed by atoms with Gasteiger partial charge in [0.25, 0.3) is 0 Å². The summed E-state index contributed by atoms with van der Waals surface area (Å²) in [5, 5.41) is 19.2. The van der Waals surface area contributed by atoms with Gasteiger partial charge in [-0.3, -0.25) is 4.79 Å². The molecule has 2 aromatic carbocycles. The molecule has 0 saturated carbocycles. The summed E-state index contributed by atoms with van der Waals surface area (Å²) in [4.78, 5) is 11.3. The molecule has 1 N–H and O–H groups in total. The summed E-state index contributed by atoms with van der Waals surface area (Å²) in [7, 11) is 0. The van der Waals surface area contributed by atoms with Crippen molar-refractivity contribution < 1.29 is 9.90 Å². The van der Waals surface area contributed by atoms with Crippen LogP contribution in [0.3, 0.4) is 0 Å². The Morgan fingerprint density at radius 1 is 0.905 bits per heavy atom. The van der Waals surface area contributed by atoms with Crippen molar-refractivity contribution in [3.63, 3.8) is 0 Å². The lowest BCUT2D eigenvalue weighted by atomic mass is 10.1. The lowest BCUT2D eigenvalue weighted by Gasteiger charge is -1.97. The third-order valence-corrected chi connectivity index (χ3v) is 4.10. The molecule has 1 aromatic heterocycles. The van der Waals surface area contributed by atoms with E-state index in [1.807, 2.05) is 12.1 Å². The Hall–Kier alpha value is -2.53. The predicted octanol–water partition coefficient (Wildman–Crippen LogP) is 3.78. The summed E-state index contributed by atoms with van der Waals surface area (Å²) in [5.41, 5.74) is 2.53. The SMILES string of the molecule is CC(=O)c1ccc(-c2nnc(-c3ccc(O)cc3)s2)cc1. The molecule has 5 heteroatoms. The van der Waals surface area contributed by atoms with Gasteiger partial charge in [-0.1, -0.05) is 35.6 Å². The number of aromatic nitrogens is 2. The van der Waals surface area contributed by atoms with Crippen molar-refractivity contribution in [2.45, 2.75) is 6.92 Å². The summed E-state index contributed by atoms with van der Waals surface area (Å²) < 4.78 is 0. The number of nitrogens with zero attached hydrogens (tertiary/aromatic N) is 2. The van der Waals surface area contributed by atoms with Crippen LogP contribution in [0, 0.1) is 0 Å². The van der Waals surface area contributed by atoms with Crippen LogP contribution in [0.25, 0.3) is 21.1 Å². The van der Waals surface area contributed by atoms with E-state index in [9.17, 15) is 9.90 Å². The maximum Gasteiger partial charge on any atom is 0.159 e. The van der Waals surface area contributed by atoms with Crippen molar-refractivity contribution in [3.8, 4) is 26.9 Å². The zero-order chi connectivity index (χ0) is 14.8. The van der Waals surface area contributed by atoms with Crippen LogP contribution in [-0.4, -0.2) is 21.1 Å². The van der Waals surface area contributed by atoms with Crippen molar-refractivity contribution in [2.24, 2.45) is 0 Å². The number of carbonyl (C=O) groups is 1. The Morgan fingerprint density at radius 3 is 1.86 bits per heavy atom. The first kappa shape index (κ1) is 13.5. The fourth-order valence-electron chi connectivity index (χ4n) is 1.91. The van der Waals surface area contributed by atoms with Gasteiger partial charge < -0.3 is 5.11 Å². The molecule has 1 heterocycles. The van der Waals surface area contributed by atoms with Gasteiger partial charge in [0.05, 0.1) is 0 Å². The molecule has 4 nitrogen and oxygen atoms in total. The van der Waals surface area contributed by atoms with E-state index >= 15 is 0 Å². The van der Waals surface area contributed by atoms with Crippen LogP contribution in [0.5, 0.6) is 5.75 Å². The minimum absolute atomic E-state index is 0.0450. The van der Waals surface area contributed by atoms with Gasteiger partial charge in [-0.2, -0.15) is 0 Å². The van der Waals surface area contributed by atoms with Gasteiger partial charge in [0, 0.05) is 16.7 Å². The van der Waals surface area contributed by atoms with Crippen LogP contribution in [0.4, 0.5) is 0 Å². The van der Waals surface area contributed by atoms with Gasteiger partial charge in [-0.25, -0.2) is 0 Å². The van der Waals surface area contributed by atoms with Gasteiger partial charge >= 0.3 is 0 Å². The second-order valence-electron chi connectivity index (χ2n) is 4.59. The first-order valence-electron chi connectivity index (χ1n) is 6.38. The zero-order valence-corrected chi connectivity index (χ0v) is 12.1. The number of benzene rings is 2. The Morgan fingerprint density at radius 2 is 1.38 bits per heavy atom. The lowest BCUT2D eigenvalue weighted by molar-refractivity contribution is 0.101. The minimum atomic E-state index is 0.0450. The van der Waals surface area contributed by atoms with E-state index in [0.29, 0.717) is 5.56 Å². The molecule has 104 valence electrons. The van der Waals surface area contributed by atoms with Gasteiger partial charge in [-0.05, 0) is 31.2 Å². The van der Waals surface area contributed by atoms with E-state index in [-0.39, 0.29) is 11.5 Å². The molecule has 0 radical (unpaired) electrons. The predicted molar refractivity (Wildman–Crippen MR) is 82.5 cm³/mol.